The standard InChI is InChI=1S/C29H41N7/c1-7-10-20(3)25-11-9-12-27(17-25)34-23(6)35-28(8-2)22(5)33-18-21(4)32-19-24-13-15-26(16-14-24)36-29(30)31/h9,11-17,28,32-35H,3-8,10,18-19H2,1-2H3,(H4,30,31,36). The van der Waals surface area contributed by atoms with Gasteiger partial charge in [0.1, 0.15) is 0 Å². The molecule has 8 N–H and O–H groups in total. The van der Waals surface area contributed by atoms with Crippen LogP contribution in [0.25, 0.3) is 5.57 Å². The number of nitrogens with zero attached hydrogens (tertiary/aromatic N) is 1. The monoisotopic (exact) mass is 487 g/mol. The van der Waals surface area contributed by atoms with E-state index in [1.807, 2.05) is 36.4 Å². The molecule has 2 rings (SSSR count). The van der Waals surface area contributed by atoms with Gasteiger partial charge in [0.2, 0.25) is 0 Å². The van der Waals surface area contributed by atoms with Gasteiger partial charge >= 0.3 is 0 Å². The van der Waals surface area contributed by atoms with Crippen molar-refractivity contribution < 1.29 is 0 Å². The minimum atomic E-state index is 0.0131. The highest BCUT2D eigenvalue weighted by atomic mass is 15.1. The minimum Gasteiger partial charge on any atom is -0.383 e. The van der Waals surface area contributed by atoms with Crippen LogP contribution in [-0.2, 0) is 6.54 Å². The van der Waals surface area contributed by atoms with Gasteiger partial charge in [0, 0.05) is 23.6 Å². The molecule has 0 heterocycles. The summed E-state index contributed by atoms with van der Waals surface area (Å²) in [6, 6.07) is 15.9. The minimum absolute atomic E-state index is 0.0131. The number of nitrogens with two attached hydrogens (primary N) is 2. The summed E-state index contributed by atoms with van der Waals surface area (Å²) >= 11 is 0. The third-order valence-electron chi connectivity index (χ3n) is 5.56. The molecule has 192 valence electrons. The molecule has 36 heavy (non-hydrogen) atoms. The third-order valence-corrected chi connectivity index (χ3v) is 5.56. The van der Waals surface area contributed by atoms with Crippen molar-refractivity contribution in [3.63, 3.8) is 0 Å². The molecule has 7 heteroatoms. The third kappa shape index (κ3) is 9.62. The summed E-state index contributed by atoms with van der Waals surface area (Å²) < 4.78 is 0. The molecule has 0 amide bonds. The second kappa shape index (κ2) is 14.3. The number of anilines is 1. The van der Waals surface area contributed by atoms with E-state index in [-0.39, 0.29) is 12.0 Å². The summed E-state index contributed by atoms with van der Waals surface area (Å²) in [6.07, 6.45) is 2.91. The van der Waals surface area contributed by atoms with Crippen molar-refractivity contribution in [2.24, 2.45) is 16.5 Å². The van der Waals surface area contributed by atoms with Gasteiger partial charge in [-0.1, -0.05) is 70.8 Å². The number of hydrogen-bond acceptors (Lipinski definition) is 5. The number of benzene rings is 2. The molecule has 0 bridgehead atoms. The predicted molar refractivity (Wildman–Crippen MR) is 155 cm³/mol. The van der Waals surface area contributed by atoms with Crippen molar-refractivity contribution in [3.8, 4) is 0 Å². The molecule has 2 aromatic carbocycles. The van der Waals surface area contributed by atoms with E-state index in [9.17, 15) is 0 Å². The molecule has 0 aromatic heterocycles. The summed E-state index contributed by atoms with van der Waals surface area (Å²) in [4.78, 5) is 4.02. The molecule has 0 aliphatic heterocycles. The quantitative estimate of drug-likeness (QED) is 0.146. The summed E-state index contributed by atoms with van der Waals surface area (Å²) in [7, 11) is 0. The Hall–Kier alpha value is -4.13. The fourth-order valence-corrected chi connectivity index (χ4v) is 3.59. The Kier molecular flexibility index (Phi) is 11.2. The lowest BCUT2D eigenvalue weighted by atomic mass is 10.0. The van der Waals surface area contributed by atoms with Crippen molar-refractivity contribution in [3.05, 3.63) is 103 Å². The summed E-state index contributed by atoms with van der Waals surface area (Å²) in [5.74, 6) is 0.756. The maximum atomic E-state index is 5.41. The first-order valence-corrected chi connectivity index (χ1v) is 12.2. The zero-order valence-corrected chi connectivity index (χ0v) is 21.7. The van der Waals surface area contributed by atoms with Gasteiger partial charge in [-0.25, -0.2) is 4.99 Å². The van der Waals surface area contributed by atoms with Gasteiger partial charge < -0.3 is 32.7 Å². The van der Waals surface area contributed by atoms with Gasteiger partial charge in [0.15, 0.2) is 5.96 Å². The largest absolute Gasteiger partial charge is 0.383 e. The Morgan fingerprint density at radius 2 is 1.69 bits per heavy atom. The van der Waals surface area contributed by atoms with Crippen molar-refractivity contribution in [1.82, 2.24) is 16.0 Å². The molecular weight excluding hydrogens is 446 g/mol. The highest BCUT2D eigenvalue weighted by Crippen LogP contribution is 2.21. The SMILES string of the molecule is C=C(CNC(=C)C(CC)NC(=C)Nc1cccc(C(=C)CCC)c1)NCc1ccc(N=C(N)N)cc1. The van der Waals surface area contributed by atoms with Gasteiger partial charge in [0.25, 0.3) is 0 Å². The van der Waals surface area contributed by atoms with E-state index in [0.29, 0.717) is 18.9 Å². The fraction of sp³-hybridized carbons (Fsp3) is 0.276. The van der Waals surface area contributed by atoms with Crippen molar-refractivity contribution in [1.29, 1.82) is 0 Å². The Morgan fingerprint density at radius 3 is 2.33 bits per heavy atom. The van der Waals surface area contributed by atoms with Crippen LogP contribution in [0.15, 0.2) is 97.1 Å². The van der Waals surface area contributed by atoms with E-state index < -0.39 is 0 Å². The van der Waals surface area contributed by atoms with Crippen LogP contribution in [0.3, 0.4) is 0 Å². The number of rotatable bonds is 16. The summed E-state index contributed by atoms with van der Waals surface area (Å²) in [6.45, 7) is 22.1. The van der Waals surface area contributed by atoms with Crippen LogP contribution < -0.4 is 32.7 Å². The van der Waals surface area contributed by atoms with E-state index in [0.717, 1.165) is 58.7 Å². The topological polar surface area (TPSA) is 113 Å². The van der Waals surface area contributed by atoms with Gasteiger partial charge in [0.05, 0.1) is 24.1 Å². The second-order valence-corrected chi connectivity index (χ2v) is 8.68. The Labute approximate surface area is 216 Å². The average Bonchev–Trinajstić information content (AvgIpc) is 2.85. The Bertz CT molecular complexity index is 1080. The second-order valence-electron chi connectivity index (χ2n) is 8.68. The molecule has 0 aliphatic carbocycles. The predicted octanol–water partition coefficient (Wildman–Crippen LogP) is 5.06. The maximum Gasteiger partial charge on any atom is 0.191 e. The smallest absolute Gasteiger partial charge is 0.191 e. The molecular formula is C29H41N7. The molecule has 0 spiro atoms. The number of hydrogen-bond donors (Lipinski definition) is 6. The number of guanidine groups is 1. The van der Waals surface area contributed by atoms with Gasteiger partial charge in [-0.05, 0) is 53.8 Å². The van der Waals surface area contributed by atoms with Crippen LogP contribution in [0.5, 0.6) is 0 Å². The molecule has 0 fully saturated rings. The van der Waals surface area contributed by atoms with Crippen LogP contribution in [-0.4, -0.2) is 18.5 Å². The first-order chi connectivity index (χ1) is 17.2. The number of nitrogens with one attached hydrogen (secondary N) is 4. The van der Waals surface area contributed by atoms with E-state index in [2.05, 4.69) is 78.6 Å². The van der Waals surface area contributed by atoms with Crippen LogP contribution in [0.1, 0.15) is 44.2 Å². The lowest BCUT2D eigenvalue weighted by Gasteiger charge is -2.24. The average molecular weight is 488 g/mol. The molecule has 1 atom stereocenters. The summed E-state index contributed by atoms with van der Waals surface area (Å²) in [5.41, 5.74) is 17.6. The van der Waals surface area contributed by atoms with Gasteiger partial charge in [-0.15, -0.1) is 0 Å². The molecule has 7 nitrogen and oxygen atoms in total. The van der Waals surface area contributed by atoms with Crippen LogP contribution in [0.2, 0.25) is 0 Å². The van der Waals surface area contributed by atoms with Crippen molar-refractivity contribution >= 4 is 22.9 Å². The molecule has 1 unspecified atom stereocenters. The zero-order valence-electron chi connectivity index (χ0n) is 21.7. The first-order valence-electron chi connectivity index (χ1n) is 12.2. The van der Waals surface area contributed by atoms with Crippen molar-refractivity contribution in [2.45, 2.75) is 45.7 Å². The fourth-order valence-electron chi connectivity index (χ4n) is 3.59. The van der Waals surface area contributed by atoms with E-state index >= 15 is 0 Å². The molecule has 0 saturated carbocycles. The number of allylic oxidation sites excluding steroid dienone is 1. The van der Waals surface area contributed by atoms with Gasteiger partial charge in [-0.2, -0.15) is 0 Å². The first kappa shape index (κ1) is 28.1. The molecule has 0 radical (unpaired) electrons. The highest BCUT2D eigenvalue weighted by Gasteiger charge is 2.11. The maximum absolute atomic E-state index is 5.41. The van der Waals surface area contributed by atoms with Crippen molar-refractivity contribution in [2.75, 3.05) is 11.9 Å². The molecule has 0 saturated heterocycles. The zero-order chi connectivity index (χ0) is 26.5. The van der Waals surface area contributed by atoms with Crippen LogP contribution in [0.4, 0.5) is 11.4 Å². The van der Waals surface area contributed by atoms with Crippen LogP contribution in [0, 0.1) is 0 Å². The Morgan fingerprint density at radius 1 is 0.972 bits per heavy atom. The highest BCUT2D eigenvalue weighted by molar-refractivity contribution is 5.78. The summed E-state index contributed by atoms with van der Waals surface area (Å²) in [5, 5.41) is 13.5. The molecule has 0 aliphatic rings. The van der Waals surface area contributed by atoms with E-state index in [1.165, 1.54) is 0 Å². The van der Waals surface area contributed by atoms with E-state index in [1.54, 1.807) is 0 Å². The van der Waals surface area contributed by atoms with Gasteiger partial charge in [-0.3, -0.25) is 0 Å². The number of aliphatic imine (C=N–C) groups is 1. The Balaban J connectivity index is 1.80. The molecule has 2 aromatic rings. The van der Waals surface area contributed by atoms with Crippen LogP contribution >= 0.6 is 0 Å². The lowest BCUT2D eigenvalue weighted by molar-refractivity contribution is 0.579. The van der Waals surface area contributed by atoms with E-state index in [4.69, 9.17) is 11.5 Å². The normalized spacial score (nSPS) is 11.1. The lowest BCUT2D eigenvalue weighted by Crippen LogP contribution is -2.38.